The van der Waals surface area contributed by atoms with Gasteiger partial charge in [-0.1, -0.05) is 23.2 Å². The maximum Gasteiger partial charge on any atom is 1.00 e. The van der Waals surface area contributed by atoms with Crippen LogP contribution < -0.4 is 34.7 Å². The quantitative estimate of drug-likeness (QED) is 0.358. The number of rotatable bonds is 2. The molecule has 0 amide bonds. The van der Waals surface area contributed by atoms with Crippen LogP contribution in [0.15, 0.2) is 12.1 Å². The van der Waals surface area contributed by atoms with E-state index < -0.39 is 27.2 Å². The number of hydrogen-bond acceptors (Lipinski definition) is 4. The van der Waals surface area contributed by atoms with Gasteiger partial charge < -0.3 is 9.90 Å². The van der Waals surface area contributed by atoms with Crippen molar-refractivity contribution < 1.29 is 44.4 Å². The minimum atomic E-state index is -1.59. The molecule has 0 saturated carbocycles. The summed E-state index contributed by atoms with van der Waals surface area (Å²) in [4.78, 5) is 20.0. The van der Waals surface area contributed by atoms with Gasteiger partial charge in [-0.25, -0.2) is 0 Å². The summed E-state index contributed by atoms with van der Waals surface area (Å²) in [5.41, 5.74) is -1.09. The number of nitro benzene ring substituents is 1. The zero-order valence-corrected chi connectivity index (χ0v) is 11.0. The monoisotopic (exact) mass is 257 g/mol. The molecule has 15 heavy (non-hydrogen) atoms. The van der Waals surface area contributed by atoms with E-state index in [1.54, 1.807) is 0 Å². The second-order valence-electron chi connectivity index (χ2n) is 2.30. The number of aromatic carboxylic acids is 1. The van der Waals surface area contributed by atoms with Gasteiger partial charge in [0, 0.05) is 5.56 Å². The number of carbonyl (C=O) groups excluding carboxylic acids is 1. The predicted molar refractivity (Wildman–Crippen MR) is 47.4 cm³/mol. The molecule has 1 aromatic carbocycles. The van der Waals surface area contributed by atoms with E-state index in [1.807, 2.05) is 0 Å². The van der Waals surface area contributed by atoms with Crippen molar-refractivity contribution in [2.45, 2.75) is 0 Å². The molecule has 0 atom stereocenters. The fourth-order valence-electron chi connectivity index (χ4n) is 0.866. The molecule has 0 aliphatic carbocycles. The Labute approximate surface area is 116 Å². The average Bonchev–Trinajstić information content (AvgIpc) is 2.02. The Morgan fingerprint density at radius 1 is 1.33 bits per heavy atom. The van der Waals surface area contributed by atoms with Gasteiger partial charge in [0.15, 0.2) is 0 Å². The molecule has 8 heteroatoms. The molecule has 0 bridgehead atoms. The van der Waals surface area contributed by atoms with Crippen LogP contribution in [0.5, 0.6) is 0 Å². The van der Waals surface area contributed by atoms with Crippen LogP contribution in [-0.4, -0.2) is 10.9 Å². The summed E-state index contributed by atoms with van der Waals surface area (Å²) in [6, 6.07) is 2.13. The van der Waals surface area contributed by atoms with E-state index in [9.17, 15) is 20.0 Å². The third-order valence-corrected chi connectivity index (χ3v) is 2.16. The topological polar surface area (TPSA) is 83.3 Å². The van der Waals surface area contributed by atoms with E-state index in [4.69, 9.17) is 23.2 Å². The molecule has 5 nitrogen and oxygen atoms in total. The number of halogens is 2. The molecular weight excluding hydrogens is 256 g/mol. The minimum Gasteiger partial charge on any atom is -0.545 e. The first-order valence-electron chi connectivity index (χ1n) is 3.29. The smallest absolute Gasteiger partial charge is 0.545 e. The molecule has 0 aliphatic heterocycles. The van der Waals surface area contributed by atoms with Gasteiger partial charge in [0.25, 0.3) is 0 Å². The Hall–Kier alpha value is -0.330. The van der Waals surface area contributed by atoms with Crippen LogP contribution in [0.1, 0.15) is 10.4 Å². The maximum absolute atomic E-state index is 10.4. The van der Waals surface area contributed by atoms with E-state index in [1.165, 1.54) is 0 Å². The number of carbonyl (C=O) groups is 1. The molecule has 0 spiro atoms. The normalized spacial score (nSPS) is 9.20. The van der Waals surface area contributed by atoms with Crippen LogP contribution in [-0.2, 0) is 0 Å². The molecular formula is C7H2Cl2NNaO4. The molecule has 0 heterocycles. The Kier molecular flexibility index (Phi) is 5.55. The van der Waals surface area contributed by atoms with Gasteiger partial charge >= 0.3 is 35.2 Å². The molecule has 0 fully saturated rings. The van der Waals surface area contributed by atoms with E-state index >= 15 is 0 Å². The van der Waals surface area contributed by atoms with E-state index in [2.05, 4.69) is 0 Å². The van der Waals surface area contributed by atoms with E-state index in [-0.39, 0.29) is 34.6 Å². The third-order valence-electron chi connectivity index (χ3n) is 1.47. The Morgan fingerprint density at radius 2 is 1.87 bits per heavy atom. The van der Waals surface area contributed by atoms with Gasteiger partial charge in [0.05, 0.1) is 10.9 Å². The summed E-state index contributed by atoms with van der Waals surface area (Å²) < 4.78 is 0. The first-order chi connectivity index (χ1) is 6.45. The molecule has 1 rings (SSSR count). The Bertz CT molecular complexity index is 424. The second-order valence-corrected chi connectivity index (χ2v) is 3.09. The van der Waals surface area contributed by atoms with E-state index in [0.29, 0.717) is 0 Å². The van der Waals surface area contributed by atoms with Crippen molar-refractivity contribution in [3.63, 3.8) is 0 Å². The standard InChI is InChI=1S/C7H3Cl2NO4.Na/c8-4-2-1-3(7(11)12)5(9)6(4)10(13)14;/h1-2H,(H,11,12);/q;+1/p-1. The van der Waals surface area contributed by atoms with Crippen LogP contribution >= 0.6 is 23.2 Å². The fraction of sp³-hybridized carbons (Fsp3) is 0. The number of carboxylic acids is 1. The Morgan fingerprint density at radius 3 is 2.27 bits per heavy atom. The zero-order chi connectivity index (χ0) is 10.9. The predicted octanol–water partition coefficient (Wildman–Crippen LogP) is -1.73. The fourth-order valence-corrected chi connectivity index (χ4v) is 1.45. The van der Waals surface area contributed by atoms with Gasteiger partial charge in [0.1, 0.15) is 10.0 Å². The summed E-state index contributed by atoms with van der Waals surface area (Å²) in [7, 11) is 0. The maximum atomic E-state index is 10.4. The van der Waals surface area contributed by atoms with Crippen molar-refractivity contribution in [3.05, 3.63) is 37.9 Å². The SMILES string of the molecule is O=C([O-])c1ccc(Cl)c([N+](=O)[O-])c1Cl.[Na+]. The minimum absolute atomic E-state index is 0. The molecule has 0 aromatic heterocycles. The molecule has 0 radical (unpaired) electrons. The van der Waals surface area contributed by atoms with Gasteiger partial charge in [0.2, 0.25) is 0 Å². The Balaban J connectivity index is 0.00000196. The van der Waals surface area contributed by atoms with Crippen LogP contribution in [0.25, 0.3) is 0 Å². The summed E-state index contributed by atoms with van der Waals surface area (Å²) in [5.74, 6) is -1.59. The average molecular weight is 258 g/mol. The first kappa shape index (κ1) is 14.7. The second kappa shape index (κ2) is 5.67. The molecule has 0 N–H and O–H groups in total. The van der Waals surface area contributed by atoms with Gasteiger partial charge in [-0.15, -0.1) is 0 Å². The van der Waals surface area contributed by atoms with Crippen LogP contribution in [0, 0.1) is 10.1 Å². The summed E-state index contributed by atoms with van der Waals surface area (Å²) in [6.45, 7) is 0. The van der Waals surface area contributed by atoms with Gasteiger partial charge in [-0.3, -0.25) is 10.1 Å². The van der Waals surface area contributed by atoms with Gasteiger partial charge in [-0.05, 0) is 12.1 Å². The first-order valence-corrected chi connectivity index (χ1v) is 4.04. The molecule has 1 aromatic rings. The van der Waals surface area contributed by atoms with Crippen molar-refractivity contribution >= 4 is 34.9 Å². The van der Waals surface area contributed by atoms with E-state index in [0.717, 1.165) is 12.1 Å². The van der Waals surface area contributed by atoms with Crippen molar-refractivity contribution in [1.82, 2.24) is 0 Å². The van der Waals surface area contributed by atoms with Crippen LogP contribution in [0.3, 0.4) is 0 Å². The van der Waals surface area contributed by atoms with Crippen molar-refractivity contribution in [3.8, 4) is 0 Å². The summed E-state index contributed by atoms with van der Waals surface area (Å²) >= 11 is 10.9. The number of carboxylic acid groups (broad SMARTS) is 1. The number of hydrogen-bond donors (Lipinski definition) is 0. The van der Waals surface area contributed by atoms with Crippen molar-refractivity contribution in [2.75, 3.05) is 0 Å². The van der Waals surface area contributed by atoms with Crippen molar-refractivity contribution in [2.24, 2.45) is 0 Å². The molecule has 74 valence electrons. The summed E-state index contributed by atoms with van der Waals surface area (Å²) in [6.07, 6.45) is 0. The molecule has 0 unspecified atom stereocenters. The number of nitro groups is 1. The number of benzene rings is 1. The molecule has 0 aliphatic rings. The van der Waals surface area contributed by atoms with Crippen LogP contribution in [0.4, 0.5) is 5.69 Å². The van der Waals surface area contributed by atoms with Crippen molar-refractivity contribution in [1.29, 1.82) is 0 Å². The largest absolute Gasteiger partial charge is 1.00 e. The van der Waals surface area contributed by atoms with Gasteiger partial charge in [-0.2, -0.15) is 0 Å². The third kappa shape index (κ3) is 3.06. The molecule has 0 saturated heterocycles. The summed E-state index contributed by atoms with van der Waals surface area (Å²) in [5, 5.41) is 20.1. The van der Waals surface area contributed by atoms with Crippen LogP contribution in [0.2, 0.25) is 10.0 Å². The zero-order valence-electron chi connectivity index (χ0n) is 7.49. The number of nitrogens with zero attached hydrogens (tertiary/aromatic N) is 1.